The molecule has 1 amide bonds. The van der Waals surface area contributed by atoms with Gasteiger partial charge in [-0.15, -0.1) is 5.10 Å². The number of hydrogen-bond donors (Lipinski definition) is 1. The van der Waals surface area contributed by atoms with E-state index in [0.29, 0.717) is 30.1 Å². The fourth-order valence-corrected chi connectivity index (χ4v) is 3.24. The minimum Gasteiger partial charge on any atom is -0.481 e. The number of amides is 1. The number of aliphatic carboxylic acids is 1. The number of aromatic nitrogens is 3. The lowest BCUT2D eigenvalue weighted by Crippen LogP contribution is -2.35. The molecule has 1 aromatic carbocycles. The summed E-state index contributed by atoms with van der Waals surface area (Å²) in [5, 5.41) is 18.1. The number of carboxylic acid groups (broad SMARTS) is 1. The van der Waals surface area contributed by atoms with Gasteiger partial charge in [0.25, 0.3) is 5.91 Å². The molecule has 8 heteroatoms. The Kier molecular flexibility index (Phi) is 4.51. The molecule has 0 saturated carbocycles. The smallest absolute Gasteiger partial charge is 0.311 e. The van der Waals surface area contributed by atoms with E-state index in [9.17, 15) is 14.7 Å². The van der Waals surface area contributed by atoms with Crippen LogP contribution in [-0.2, 0) is 11.2 Å². The Bertz CT molecular complexity index is 835. The van der Waals surface area contributed by atoms with Crippen LogP contribution in [0.15, 0.2) is 24.3 Å². The Morgan fingerprint density at radius 1 is 1.40 bits per heavy atom. The van der Waals surface area contributed by atoms with E-state index in [-0.39, 0.29) is 18.1 Å². The van der Waals surface area contributed by atoms with E-state index in [1.807, 2.05) is 13.0 Å². The van der Waals surface area contributed by atoms with Crippen LogP contribution in [0.2, 0.25) is 5.02 Å². The zero-order chi connectivity index (χ0) is 18.2. The first-order valence-corrected chi connectivity index (χ1v) is 8.46. The summed E-state index contributed by atoms with van der Waals surface area (Å²) >= 11 is 6.03. The summed E-state index contributed by atoms with van der Waals surface area (Å²) in [6.07, 6.45) is 0.989. The molecule has 1 atom stereocenters. The van der Waals surface area contributed by atoms with Crippen LogP contribution in [0.4, 0.5) is 0 Å². The number of carboxylic acids is 1. The highest BCUT2D eigenvalue weighted by atomic mass is 35.5. The van der Waals surface area contributed by atoms with E-state index in [0.717, 1.165) is 5.69 Å². The van der Waals surface area contributed by atoms with Crippen LogP contribution in [0, 0.1) is 5.41 Å². The molecule has 7 nitrogen and oxygen atoms in total. The molecule has 0 aliphatic carbocycles. The zero-order valence-electron chi connectivity index (χ0n) is 14.1. The largest absolute Gasteiger partial charge is 0.481 e. The monoisotopic (exact) mass is 362 g/mol. The van der Waals surface area contributed by atoms with Gasteiger partial charge in [0, 0.05) is 18.1 Å². The van der Waals surface area contributed by atoms with Gasteiger partial charge in [-0.1, -0.05) is 29.8 Å². The molecule has 0 spiro atoms. The van der Waals surface area contributed by atoms with Gasteiger partial charge in [0.1, 0.15) is 0 Å². The highest BCUT2D eigenvalue weighted by Gasteiger charge is 2.43. The summed E-state index contributed by atoms with van der Waals surface area (Å²) in [6.45, 7) is 4.15. The zero-order valence-corrected chi connectivity index (χ0v) is 14.8. The molecule has 1 N–H and O–H groups in total. The number of nitrogens with zero attached hydrogens (tertiary/aromatic N) is 4. The molecular weight excluding hydrogens is 344 g/mol. The van der Waals surface area contributed by atoms with Crippen LogP contribution in [0.25, 0.3) is 5.69 Å². The molecule has 1 aromatic heterocycles. The van der Waals surface area contributed by atoms with Crippen LogP contribution >= 0.6 is 11.6 Å². The van der Waals surface area contributed by atoms with Gasteiger partial charge in [0.15, 0.2) is 5.69 Å². The third kappa shape index (κ3) is 3.11. The second-order valence-corrected chi connectivity index (χ2v) is 6.91. The van der Waals surface area contributed by atoms with Crippen molar-refractivity contribution >= 4 is 23.5 Å². The van der Waals surface area contributed by atoms with Crippen LogP contribution in [0.1, 0.15) is 36.5 Å². The highest BCUT2D eigenvalue weighted by molar-refractivity contribution is 6.30. The molecule has 1 saturated heterocycles. The Morgan fingerprint density at radius 2 is 2.16 bits per heavy atom. The number of benzene rings is 1. The van der Waals surface area contributed by atoms with Crippen molar-refractivity contribution in [2.45, 2.75) is 26.7 Å². The lowest BCUT2D eigenvalue weighted by atomic mass is 9.90. The van der Waals surface area contributed by atoms with Gasteiger partial charge in [0.05, 0.1) is 16.8 Å². The van der Waals surface area contributed by atoms with E-state index in [1.54, 1.807) is 34.7 Å². The number of carbonyl (C=O) groups excluding carboxylic acids is 1. The van der Waals surface area contributed by atoms with E-state index < -0.39 is 11.4 Å². The number of hydrogen-bond acceptors (Lipinski definition) is 4. The van der Waals surface area contributed by atoms with Gasteiger partial charge in [-0.3, -0.25) is 9.59 Å². The number of carbonyl (C=O) groups is 2. The van der Waals surface area contributed by atoms with Crippen molar-refractivity contribution in [1.82, 2.24) is 19.9 Å². The molecular formula is C17H19ClN4O3. The van der Waals surface area contributed by atoms with Crippen molar-refractivity contribution in [3.05, 3.63) is 40.7 Å². The third-order valence-corrected chi connectivity index (χ3v) is 4.87. The van der Waals surface area contributed by atoms with Gasteiger partial charge in [-0.2, -0.15) is 0 Å². The van der Waals surface area contributed by atoms with Crippen molar-refractivity contribution in [3.8, 4) is 5.69 Å². The Hall–Kier alpha value is -2.41. The second kappa shape index (κ2) is 6.48. The average Bonchev–Trinajstić information content (AvgIpc) is 3.18. The number of rotatable bonds is 4. The Labute approximate surface area is 150 Å². The van der Waals surface area contributed by atoms with Crippen molar-refractivity contribution in [2.24, 2.45) is 5.41 Å². The summed E-state index contributed by atoms with van der Waals surface area (Å²) in [4.78, 5) is 25.8. The molecule has 25 heavy (non-hydrogen) atoms. The van der Waals surface area contributed by atoms with E-state index in [2.05, 4.69) is 10.3 Å². The maximum atomic E-state index is 12.8. The van der Waals surface area contributed by atoms with Crippen molar-refractivity contribution < 1.29 is 14.7 Å². The second-order valence-electron chi connectivity index (χ2n) is 6.47. The SMILES string of the molecule is CCc1c(C(=O)N2CCC(C)(C(=O)O)C2)nnn1-c1cccc(Cl)c1. The highest BCUT2D eigenvalue weighted by Crippen LogP contribution is 2.31. The molecule has 132 valence electrons. The first-order chi connectivity index (χ1) is 11.9. The van der Waals surface area contributed by atoms with Gasteiger partial charge in [-0.25, -0.2) is 4.68 Å². The van der Waals surface area contributed by atoms with Crippen LogP contribution in [0.3, 0.4) is 0 Å². The van der Waals surface area contributed by atoms with E-state index in [4.69, 9.17) is 11.6 Å². The first-order valence-electron chi connectivity index (χ1n) is 8.09. The minimum atomic E-state index is -0.912. The average molecular weight is 363 g/mol. The summed E-state index contributed by atoms with van der Waals surface area (Å²) in [7, 11) is 0. The standard InChI is InChI=1S/C17H19ClN4O3/c1-3-13-14(15(23)21-8-7-17(2,10-21)16(24)25)19-20-22(13)12-6-4-5-11(18)9-12/h4-6,9H,3,7-8,10H2,1-2H3,(H,24,25). The van der Waals surface area contributed by atoms with Gasteiger partial charge >= 0.3 is 5.97 Å². The summed E-state index contributed by atoms with van der Waals surface area (Å²) in [5.41, 5.74) is 0.756. The molecule has 3 rings (SSSR count). The lowest BCUT2D eigenvalue weighted by Gasteiger charge is -2.19. The topological polar surface area (TPSA) is 88.3 Å². The van der Waals surface area contributed by atoms with Crippen molar-refractivity contribution in [2.75, 3.05) is 13.1 Å². The fourth-order valence-electron chi connectivity index (χ4n) is 3.06. The first kappa shape index (κ1) is 17.4. The predicted molar refractivity (Wildman–Crippen MR) is 92.0 cm³/mol. The fraction of sp³-hybridized carbons (Fsp3) is 0.412. The van der Waals surface area contributed by atoms with Crippen LogP contribution in [0.5, 0.6) is 0 Å². The van der Waals surface area contributed by atoms with Crippen LogP contribution < -0.4 is 0 Å². The van der Waals surface area contributed by atoms with Crippen LogP contribution in [-0.4, -0.2) is 50.0 Å². The third-order valence-electron chi connectivity index (χ3n) is 4.63. The number of likely N-dealkylation sites (tertiary alicyclic amines) is 1. The quantitative estimate of drug-likeness (QED) is 0.902. The molecule has 0 radical (unpaired) electrons. The molecule has 1 unspecified atom stereocenters. The van der Waals surface area contributed by atoms with Gasteiger partial charge in [0.2, 0.25) is 0 Å². The molecule has 0 bridgehead atoms. The van der Waals surface area contributed by atoms with Crippen molar-refractivity contribution in [3.63, 3.8) is 0 Å². The molecule has 1 aliphatic rings. The predicted octanol–water partition coefficient (Wildman–Crippen LogP) is 2.42. The molecule has 2 aromatic rings. The normalized spacial score (nSPS) is 20.0. The van der Waals surface area contributed by atoms with Gasteiger partial charge in [-0.05, 0) is 38.0 Å². The van der Waals surface area contributed by atoms with E-state index in [1.165, 1.54) is 0 Å². The molecule has 2 heterocycles. The summed E-state index contributed by atoms with van der Waals surface area (Å²) < 4.78 is 1.60. The van der Waals surface area contributed by atoms with Crippen molar-refractivity contribution in [1.29, 1.82) is 0 Å². The van der Waals surface area contributed by atoms with E-state index >= 15 is 0 Å². The molecule has 1 fully saturated rings. The maximum absolute atomic E-state index is 12.8. The molecule has 1 aliphatic heterocycles. The maximum Gasteiger partial charge on any atom is 0.311 e. The Balaban J connectivity index is 1.91. The summed E-state index contributed by atoms with van der Waals surface area (Å²) in [6, 6.07) is 7.15. The van der Waals surface area contributed by atoms with Gasteiger partial charge < -0.3 is 10.0 Å². The minimum absolute atomic E-state index is 0.175. The number of halogens is 1. The lowest BCUT2D eigenvalue weighted by molar-refractivity contribution is -0.147. The summed E-state index contributed by atoms with van der Waals surface area (Å²) in [5.74, 6) is -1.17. The Morgan fingerprint density at radius 3 is 2.76 bits per heavy atom.